The first kappa shape index (κ1) is 14.2. The van der Waals surface area contributed by atoms with E-state index in [0.717, 1.165) is 25.1 Å². The van der Waals surface area contributed by atoms with Gasteiger partial charge < -0.3 is 5.32 Å². The molecule has 0 radical (unpaired) electrons. The summed E-state index contributed by atoms with van der Waals surface area (Å²) in [6.45, 7) is 0.949. The predicted octanol–water partition coefficient (Wildman–Crippen LogP) is 5.43. The molecule has 2 aromatic carbocycles. The first-order valence-corrected chi connectivity index (χ1v) is 7.24. The number of halogens is 2. The first-order valence-electron chi connectivity index (χ1n) is 6.48. The maximum Gasteiger partial charge on any atom is 0.0612 e. The SMILES string of the molecule is Clc1ccc(NCCCCc2ccccc2)cc1Cl. The van der Waals surface area contributed by atoms with Crippen molar-refractivity contribution in [3.8, 4) is 0 Å². The molecule has 0 spiro atoms. The Morgan fingerprint density at radius 3 is 2.37 bits per heavy atom. The van der Waals surface area contributed by atoms with E-state index in [1.807, 2.05) is 18.2 Å². The van der Waals surface area contributed by atoms with Gasteiger partial charge in [-0.05, 0) is 43.0 Å². The molecule has 19 heavy (non-hydrogen) atoms. The van der Waals surface area contributed by atoms with Gasteiger partial charge in [-0.3, -0.25) is 0 Å². The second-order valence-electron chi connectivity index (χ2n) is 4.50. The fraction of sp³-hybridized carbons (Fsp3) is 0.250. The largest absolute Gasteiger partial charge is 0.385 e. The van der Waals surface area contributed by atoms with Crippen LogP contribution in [0.15, 0.2) is 48.5 Å². The summed E-state index contributed by atoms with van der Waals surface area (Å²) >= 11 is 11.8. The lowest BCUT2D eigenvalue weighted by atomic mass is 10.1. The van der Waals surface area contributed by atoms with Gasteiger partial charge in [0.2, 0.25) is 0 Å². The molecular weight excluding hydrogens is 277 g/mol. The molecule has 0 aliphatic carbocycles. The van der Waals surface area contributed by atoms with E-state index in [2.05, 4.69) is 35.6 Å². The van der Waals surface area contributed by atoms with Crippen molar-refractivity contribution in [3.05, 3.63) is 64.1 Å². The maximum absolute atomic E-state index is 5.96. The van der Waals surface area contributed by atoms with Crippen LogP contribution >= 0.6 is 23.2 Å². The van der Waals surface area contributed by atoms with E-state index in [9.17, 15) is 0 Å². The van der Waals surface area contributed by atoms with Crippen LogP contribution in [0.1, 0.15) is 18.4 Å². The van der Waals surface area contributed by atoms with Crippen LogP contribution in [0.25, 0.3) is 0 Å². The molecule has 0 unspecified atom stereocenters. The highest BCUT2D eigenvalue weighted by atomic mass is 35.5. The van der Waals surface area contributed by atoms with Crippen molar-refractivity contribution in [3.63, 3.8) is 0 Å². The van der Waals surface area contributed by atoms with E-state index >= 15 is 0 Å². The lowest BCUT2D eigenvalue weighted by Gasteiger charge is -2.07. The Bertz CT molecular complexity index is 511. The quantitative estimate of drug-likeness (QED) is 0.701. The van der Waals surface area contributed by atoms with Crippen LogP contribution in [0.4, 0.5) is 5.69 Å². The van der Waals surface area contributed by atoms with Gasteiger partial charge in [-0.1, -0.05) is 53.5 Å². The Morgan fingerprint density at radius 2 is 1.63 bits per heavy atom. The third-order valence-electron chi connectivity index (χ3n) is 2.98. The minimum atomic E-state index is 0.593. The number of nitrogens with one attached hydrogen (secondary N) is 1. The Morgan fingerprint density at radius 1 is 0.842 bits per heavy atom. The van der Waals surface area contributed by atoms with E-state index in [1.165, 1.54) is 12.0 Å². The summed E-state index contributed by atoms with van der Waals surface area (Å²) in [4.78, 5) is 0. The van der Waals surface area contributed by atoms with E-state index in [0.29, 0.717) is 10.0 Å². The van der Waals surface area contributed by atoms with Crippen LogP contribution in [-0.2, 0) is 6.42 Å². The number of anilines is 1. The molecule has 2 aromatic rings. The lowest BCUT2D eigenvalue weighted by Crippen LogP contribution is -2.01. The first-order chi connectivity index (χ1) is 9.25. The van der Waals surface area contributed by atoms with E-state index in [-0.39, 0.29) is 0 Å². The van der Waals surface area contributed by atoms with Crippen LogP contribution in [0.3, 0.4) is 0 Å². The van der Waals surface area contributed by atoms with Gasteiger partial charge in [0.1, 0.15) is 0 Å². The van der Waals surface area contributed by atoms with Crippen LogP contribution < -0.4 is 5.32 Å². The van der Waals surface area contributed by atoms with Crippen LogP contribution in [-0.4, -0.2) is 6.54 Å². The molecule has 2 rings (SSSR count). The number of benzene rings is 2. The van der Waals surface area contributed by atoms with Gasteiger partial charge in [-0.25, -0.2) is 0 Å². The summed E-state index contributed by atoms with van der Waals surface area (Å²) in [5.41, 5.74) is 2.42. The van der Waals surface area contributed by atoms with Gasteiger partial charge in [-0.15, -0.1) is 0 Å². The molecule has 1 nitrogen and oxygen atoms in total. The van der Waals surface area contributed by atoms with Crippen LogP contribution in [0.2, 0.25) is 10.0 Å². The second kappa shape index (κ2) is 7.42. The average Bonchev–Trinajstić information content (AvgIpc) is 2.43. The van der Waals surface area contributed by atoms with Gasteiger partial charge in [0.05, 0.1) is 10.0 Å². The molecule has 0 bridgehead atoms. The van der Waals surface area contributed by atoms with Crippen molar-refractivity contribution in [1.82, 2.24) is 0 Å². The lowest BCUT2D eigenvalue weighted by molar-refractivity contribution is 0.763. The molecule has 0 saturated heterocycles. The van der Waals surface area contributed by atoms with Gasteiger partial charge >= 0.3 is 0 Å². The standard InChI is InChI=1S/C16H17Cl2N/c17-15-10-9-14(12-16(15)18)19-11-5-4-8-13-6-2-1-3-7-13/h1-3,6-7,9-10,12,19H,4-5,8,11H2. The van der Waals surface area contributed by atoms with Gasteiger partial charge in [-0.2, -0.15) is 0 Å². The van der Waals surface area contributed by atoms with Crippen molar-refractivity contribution >= 4 is 28.9 Å². The van der Waals surface area contributed by atoms with Crippen molar-refractivity contribution < 1.29 is 0 Å². The summed E-state index contributed by atoms with van der Waals surface area (Å²) < 4.78 is 0. The normalized spacial score (nSPS) is 10.4. The minimum absolute atomic E-state index is 0.593. The fourth-order valence-electron chi connectivity index (χ4n) is 1.94. The fourth-order valence-corrected chi connectivity index (χ4v) is 2.24. The maximum atomic E-state index is 5.96. The van der Waals surface area contributed by atoms with Gasteiger partial charge in [0.25, 0.3) is 0 Å². The van der Waals surface area contributed by atoms with Crippen LogP contribution in [0.5, 0.6) is 0 Å². The van der Waals surface area contributed by atoms with E-state index in [4.69, 9.17) is 23.2 Å². The smallest absolute Gasteiger partial charge is 0.0612 e. The highest BCUT2D eigenvalue weighted by molar-refractivity contribution is 6.42. The highest BCUT2D eigenvalue weighted by Gasteiger charge is 1.98. The molecule has 0 amide bonds. The van der Waals surface area contributed by atoms with Crippen molar-refractivity contribution in [2.75, 3.05) is 11.9 Å². The average molecular weight is 294 g/mol. The molecule has 0 fully saturated rings. The van der Waals surface area contributed by atoms with Crippen molar-refractivity contribution in [2.24, 2.45) is 0 Å². The Balaban J connectivity index is 1.68. The zero-order chi connectivity index (χ0) is 13.5. The van der Waals surface area contributed by atoms with Crippen molar-refractivity contribution in [2.45, 2.75) is 19.3 Å². The number of unbranched alkanes of at least 4 members (excludes halogenated alkanes) is 1. The van der Waals surface area contributed by atoms with E-state index < -0.39 is 0 Å². The summed E-state index contributed by atoms with van der Waals surface area (Å²) in [5, 5.41) is 4.54. The summed E-state index contributed by atoms with van der Waals surface area (Å²) in [6.07, 6.45) is 3.44. The Labute approximate surface area is 124 Å². The number of hydrogen-bond donors (Lipinski definition) is 1. The Hall–Kier alpha value is -1.18. The number of rotatable bonds is 6. The van der Waals surface area contributed by atoms with Crippen LogP contribution in [0, 0.1) is 0 Å². The molecular formula is C16H17Cl2N. The predicted molar refractivity (Wildman–Crippen MR) is 84.3 cm³/mol. The minimum Gasteiger partial charge on any atom is -0.385 e. The molecule has 0 aliphatic heterocycles. The third kappa shape index (κ3) is 4.77. The third-order valence-corrected chi connectivity index (χ3v) is 3.72. The van der Waals surface area contributed by atoms with Gasteiger partial charge in [0, 0.05) is 12.2 Å². The number of aryl methyl sites for hydroxylation is 1. The Kier molecular flexibility index (Phi) is 5.56. The zero-order valence-corrected chi connectivity index (χ0v) is 12.2. The molecule has 0 aliphatic rings. The molecule has 0 heterocycles. The monoisotopic (exact) mass is 293 g/mol. The molecule has 100 valence electrons. The molecule has 3 heteroatoms. The molecule has 0 atom stereocenters. The topological polar surface area (TPSA) is 12.0 Å². The summed E-state index contributed by atoms with van der Waals surface area (Å²) in [7, 11) is 0. The summed E-state index contributed by atoms with van der Waals surface area (Å²) in [6, 6.07) is 16.2. The molecule has 0 aromatic heterocycles. The van der Waals surface area contributed by atoms with E-state index in [1.54, 1.807) is 0 Å². The second-order valence-corrected chi connectivity index (χ2v) is 5.31. The molecule has 1 N–H and O–H groups in total. The molecule has 0 saturated carbocycles. The van der Waals surface area contributed by atoms with Crippen molar-refractivity contribution in [1.29, 1.82) is 0 Å². The zero-order valence-electron chi connectivity index (χ0n) is 10.7. The number of hydrogen-bond acceptors (Lipinski definition) is 1. The highest BCUT2D eigenvalue weighted by Crippen LogP contribution is 2.24. The van der Waals surface area contributed by atoms with Gasteiger partial charge in [0.15, 0.2) is 0 Å². The summed E-state index contributed by atoms with van der Waals surface area (Å²) in [5.74, 6) is 0.